The lowest BCUT2D eigenvalue weighted by atomic mass is 10.1. The van der Waals surface area contributed by atoms with Crippen molar-refractivity contribution in [2.24, 2.45) is 0 Å². The van der Waals surface area contributed by atoms with Gasteiger partial charge in [-0.1, -0.05) is 28.1 Å². The summed E-state index contributed by atoms with van der Waals surface area (Å²) in [4.78, 5) is 22.8. The zero-order chi connectivity index (χ0) is 14.3. The molecule has 1 aromatic carbocycles. The lowest BCUT2D eigenvalue weighted by Gasteiger charge is -2.13. The van der Waals surface area contributed by atoms with E-state index in [0.717, 1.165) is 10.0 Å². The first-order valence-corrected chi connectivity index (χ1v) is 7.97. The molecule has 0 radical (unpaired) electrons. The van der Waals surface area contributed by atoms with E-state index in [0.29, 0.717) is 12.2 Å². The number of hydrogen-bond donors (Lipinski definition) is 2. The molecule has 104 valence electrons. The second-order valence-corrected chi connectivity index (χ2v) is 5.94. The number of carboxylic acid groups (broad SMARTS) is 1. The van der Waals surface area contributed by atoms with Gasteiger partial charge in [-0.3, -0.25) is 4.79 Å². The zero-order valence-corrected chi connectivity index (χ0v) is 13.0. The SMILES string of the molecule is CSCC[C@@H](NC(=O)Cc1ccc(Br)cc1)C(=O)O. The molecule has 6 heteroatoms. The fourth-order valence-corrected chi connectivity index (χ4v) is 2.26. The fraction of sp³-hybridized carbons (Fsp3) is 0.385. The number of carbonyl (C=O) groups is 2. The molecule has 0 saturated carbocycles. The predicted octanol–water partition coefficient (Wildman–Crippen LogP) is 2.31. The predicted molar refractivity (Wildman–Crippen MR) is 80.4 cm³/mol. The highest BCUT2D eigenvalue weighted by molar-refractivity contribution is 9.10. The number of hydrogen-bond acceptors (Lipinski definition) is 3. The lowest BCUT2D eigenvalue weighted by Crippen LogP contribution is -2.41. The van der Waals surface area contributed by atoms with E-state index < -0.39 is 12.0 Å². The van der Waals surface area contributed by atoms with Crippen LogP contribution in [0.5, 0.6) is 0 Å². The second kappa shape index (κ2) is 8.22. The summed E-state index contributed by atoms with van der Waals surface area (Å²) >= 11 is 4.88. The van der Waals surface area contributed by atoms with Crippen molar-refractivity contribution in [1.29, 1.82) is 0 Å². The number of benzene rings is 1. The lowest BCUT2D eigenvalue weighted by molar-refractivity contribution is -0.141. The van der Waals surface area contributed by atoms with Crippen LogP contribution in [0.25, 0.3) is 0 Å². The topological polar surface area (TPSA) is 66.4 Å². The van der Waals surface area contributed by atoms with Gasteiger partial charge in [0.25, 0.3) is 0 Å². The Kier molecular flexibility index (Phi) is 6.94. The quantitative estimate of drug-likeness (QED) is 0.795. The van der Waals surface area contributed by atoms with Crippen LogP contribution in [-0.4, -0.2) is 35.0 Å². The van der Waals surface area contributed by atoms with Crippen LogP contribution in [-0.2, 0) is 16.0 Å². The molecule has 1 rings (SSSR count). The molecule has 1 atom stereocenters. The Morgan fingerprint density at radius 3 is 2.53 bits per heavy atom. The summed E-state index contributed by atoms with van der Waals surface area (Å²) in [5, 5.41) is 11.6. The third-order valence-electron chi connectivity index (χ3n) is 2.52. The average Bonchev–Trinajstić information content (AvgIpc) is 2.37. The standard InChI is InChI=1S/C13H16BrNO3S/c1-19-7-6-11(13(17)18)15-12(16)8-9-2-4-10(14)5-3-9/h2-5,11H,6-8H2,1H3,(H,15,16)(H,17,18)/t11-/m1/s1. The molecule has 0 spiro atoms. The summed E-state index contributed by atoms with van der Waals surface area (Å²) in [5.74, 6) is -0.552. The number of rotatable bonds is 7. The van der Waals surface area contributed by atoms with Crippen molar-refractivity contribution in [2.45, 2.75) is 18.9 Å². The van der Waals surface area contributed by atoms with Crippen LogP contribution in [0.4, 0.5) is 0 Å². The normalized spacial score (nSPS) is 11.9. The van der Waals surface area contributed by atoms with Gasteiger partial charge in [0.15, 0.2) is 0 Å². The first-order valence-electron chi connectivity index (χ1n) is 5.78. The Morgan fingerprint density at radius 2 is 2.00 bits per heavy atom. The van der Waals surface area contributed by atoms with E-state index in [2.05, 4.69) is 21.2 Å². The van der Waals surface area contributed by atoms with Crippen molar-refractivity contribution in [3.8, 4) is 0 Å². The average molecular weight is 346 g/mol. The largest absolute Gasteiger partial charge is 0.480 e. The first kappa shape index (κ1) is 16.0. The summed E-state index contributed by atoms with van der Waals surface area (Å²) < 4.78 is 0.944. The molecule has 19 heavy (non-hydrogen) atoms. The number of carbonyl (C=O) groups excluding carboxylic acids is 1. The van der Waals surface area contributed by atoms with E-state index in [-0.39, 0.29) is 12.3 Å². The molecule has 0 unspecified atom stereocenters. The van der Waals surface area contributed by atoms with E-state index >= 15 is 0 Å². The molecule has 4 nitrogen and oxygen atoms in total. The highest BCUT2D eigenvalue weighted by Gasteiger charge is 2.19. The molecule has 0 aliphatic carbocycles. The van der Waals surface area contributed by atoms with Crippen molar-refractivity contribution in [3.05, 3.63) is 34.3 Å². The van der Waals surface area contributed by atoms with Crippen LogP contribution in [0.3, 0.4) is 0 Å². The molecule has 2 N–H and O–H groups in total. The zero-order valence-electron chi connectivity index (χ0n) is 10.6. The molecule has 0 aromatic heterocycles. The van der Waals surface area contributed by atoms with E-state index in [1.165, 1.54) is 0 Å². The monoisotopic (exact) mass is 345 g/mol. The molecule has 0 fully saturated rings. The summed E-state index contributed by atoms with van der Waals surface area (Å²) in [6, 6.07) is 6.56. The van der Waals surface area contributed by atoms with Gasteiger partial charge in [0.2, 0.25) is 5.91 Å². The Labute approximate surface area is 125 Å². The smallest absolute Gasteiger partial charge is 0.326 e. The Balaban J connectivity index is 2.52. The number of amides is 1. The molecule has 0 aliphatic heterocycles. The van der Waals surface area contributed by atoms with Crippen LogP contribution < -0.4 is 5.32 Å². The minimum absolute atomic E-state index is 0.191. The first-order chi connectivity index (χ1) is 9.02. The second-order valence-electron chi connectivity index (χ2n) is 4.04. The van der Waals surface area contributed by atoms with Gasteiger partial charge in [-0.25, -0.2) is 4.79 Å². The van der Waals surface area contributed by atoms with Crippen LogP contribution >= 0.6 is 27.7 Å². The van der Waals surface area contributed by atoms with E-state index in [9.17, 15) is 9.59 Å². The number of thioether (sulfide) groups is 1. The molecule has 1 amide bonds. The Hall–Kier alpha value is -1.01. The maximum Gasteiger partial charge on any atom is 0.326 e. The van der Waals surface area contributed by atoms with Crippen molar-refractivity contribution in [1.82, 2.24) is 5.32 Å². The molecule has 1 aromatic rings. The Bertz CT molecular complexity index is 436. The van der Waals surface area contributed by atoms with Gasteiger partial charge in [-0.2, -0.15) is 11.8 Å². The van der Waals surface area contributed by atoms with Crippen LogP contribution in [0.15, 0.2) is 28.7 Å². The van der Waals surface area contributed by atoms with Crippen molar-refractivity contribution in [3.63, 3.8) is 0 Å². The van der Waals surface area contributed by atoms with Gasteiger partial charge in [0.1, 0.15) is 6.04 Å². The number of carboxylic acids is 1. The number of aliphatic carboxylic acids is 1. The van der Waals surface area contributed by atoms with Gasteiger partial charge < -0.3 is 10.4 Å². The van der Waals surface area contributed by atoms with E-state index in [1.807, 2.05) is 30.5 Å². The van der Waals surface area contributed by atoms with Crippen LogP contribution in [0.2, 0.25) is 0 Å². The number of halogens is 1. The highest BCUT2D eigenvalue weighted by atomic mass is 79.9. The van der Waals surface area contributed by atoms with Crippen molar-refractivity contribution >= 4 is 39.6 Å². The maximum absolute atomic E-state index is 11.8. The third kappa shape index (κ3) is 6.11. The van der Waals surface area contributed by atoms with E-state index in [1.54, 1.807) is 11.8 Å². The third-order valence-corrected chi connectivity index (χ3v) is 3.69. The summed E-state index contributed by atoms with van der Waals surface area (Å²) in [6.45, 7) is 0. The van der Waals surface area contributed by atoms with Crippen LogP contribution in [0, 0.1) is 0 Å². The summed E-state index contributed by atoms with van der Waals surface area (Å²) in [7, 11) is 0. The van der Waals surface area contributed by atoms with Gasteiger partial charge in [-0.05, 0) is 36.1 Å². The fourth-order valence-electron chi connectivity index (χ4n) is 1.53. The van der Waals surface area contributed by atoms with E-state index in [4.69, 9.17) is 5.11 Å². The molecule has 0 aliphatic rings. The maximum atomic E-state index is 11.8. The highest BCUT2D eigenvalue weighted by Crippen LogP contribution is 2.11. The summed E-state index contributed by atoms with van der Waals surface area (Å²) in [6.07, 6.45) is 2.53. The minimum Gasteiger partial charge on any atom is -0.480 e. The van der Waals surface area contributed by atoms with Crippen molar-refractivity contribution in [2.75, 3.05) is 12.0 Å². The Morgan fingerprint density at radius 1 is 1.37 bits per heavy atom. The molecule has 0 bridgehead atoms. The minimum atomic E-state index is -0.988. The molecular weight excluding hydrogens is 330 g/mol. The van der Waals surface area contributed by atoms with Gasteiger partial charge in [0, 0.05) is 4.47 Å². The van der Waals surface area contributed by atoms with Gasteiger partial charge in [0.05, 0.1) is 6.42 Å². The van der Waals surface area contributed by atoms with Crippen LogP contribution in [0.1, 0.15) is 12.0 Å². The van der Waals surface area contributed by atoms with Gasteiger partial charge in [-0.15, -0.1) is 0 Å². The molecule has 0 heterocycles. The number of nitrogens with one attached hydrogen (secondary N) is 1. The van der Waals surface area contributed by atoms with Gasteiger partial charge >= 0.3 is 5.97 Å². The molecule has 0 saturated heterocycles. The van der Waals surface area contributed by atoms with Crippen molar-refractivity contribution < 1.29 is 14.7 Å². The molecular formula is C13H16BrNO3S. The summed E-state index contributed by atoms with van der Waals surface area (Å²) in [5.41, 5.74) is 0.856.